The van der Waals surface area contributed by atoms with E-state index in [0.717, 1.165) is 6.42 Å². The molecule has 1 heterocycles. The standard InChI is InChI=1S/C7H9BrN2OS/c1-2-3-9-6(11)7-10-5(8)4-12-7/h4H,2-3H2,1H3,(H,9,11). The van der Waals surface area contributed by atoms with Gasteiger partial charge in [-0.1, -0.05) is 6.92 Å². The first-order chi connectivity index (χ1) is 5.74. The lowest BCUT2D eigenvalue weighted by Gasteiger charge is -1.97. The zero-order chi connectivity index (χ0) is 8.97. The van der Waals surface area contributed by atoms with E-state index >= 15 is 0 Å². The van der Waals surface area contributed by atoms with E-state index in [-0.39, 0.29) is 5.91 Å². The highest BCUT2D eigenvalue weighted by atomic mass is 79.9. The highest BCUT2D eigenvalue weighted by molar-refractivity contribution is 9.10. The van der Waals surface area contributed by atoms with E-state index in [9.17, 15) is 4.79 Å². The lowest BCUT2D eigenvalue weighted by atomic mass is 10.5. The van der Waals surface area contributed by atoms with Gasteiger partial charge in [0, 0.05) is 11.9 Å². The SMILES string of the molecule is CCCNC(=O)c1nc(Br)cs1. The molecule has 0 bridgehead atoms. The Labute approximate surface area is 83.3 Å². The molecule has 0 spiro atoms. The molecule has 1 amide bonds. The fourth-order valence-electron chi connectivity index (χ4n) is 0.673. The Balaban J connectivity index is 2.53. The summed E-state index contributed by atoms with van der Waals surface area (Å²) in [6, 6.07) is 0. The van der Waals surface area contributed by atoms with Gasteiger partial charge in [0.2, 0.25) is 0 Å². The molecule has 0 unspecified atom stereocenters. The summed E-state index contributed by atoms with van der Waals surface area (Å²) in [7, 11) is 0. The predicted octanol–water partition coefficient (Wildman–Crippen LogP) is 2.05. The number of amides is 1. The van der Waals surface area contributed by atoms with Crippen molar-refractivity contribution in [2.75, 3.05) is 6.54 Å². The Morgan fingerprint density at radius 3 is 3.08 bits per heavy atom. The van der Waals surface area contributed by atoms with Crippen molar-refractivity contribution in [3.05, 3.63) is 15.0 Å². The summed E-state index contributed by atoms with van der Waals surface area (Å²) in [6.07, 6.45) is 0.943. The van der Waals surface area contributed by atoms with Crippen LogP contribution in [0.5, 0.6) is 0 Å². The third-order valence-corrected chi connectivity index (χ3v) is 2.76. The van der Waals surface area contributed by atoms with Crippen LogP contribution in [0.4, 0.5) is 0 Å². The van der Waals surface area contributed by atoms with Gasteiger partial charge in [0.15, 0.2) is 5.01 Å². The second kappa shape index (κ2) is 4.57. The van der Waals surface area contributed by atoms with E-state index in [1.165, 1.54) is 11.3 Å². The van der Waals surface area contributed by atoms with Gasteiger partial charge in [0.25, 0.3) is 5.91 Å². The van der Waals surface area contributed by atoms with Crippen molar-refractivity contribution >= 4 is 33.2 Å². The van der Waals surface area contributed by atoms with Crippen LogP contribution in [0.1, 0.15) is 23.1 Å². The second-order valence-corrected chi connectivity index (χ2v) is 3.90. The van der Waals surface area contributed by atoms with Crippen molar-refractivity contribution in [1.82, 2.24) is 10.3 Å². The Hall–Kier alpha value is -0.420. The van der Waals surface area contributed by atoms with E-state index in [1.807, 2.05) is 6.92 Å². The third kappa shape index (κ3) is 2.57. The van der Waals surface area contributed by atoms with Gasteiger partial charge < -0.3 is 5.32 Å². The fraction of sp³-hybridized carbons (Fsp3) is 0.429. The molecule has 5 heteroatoms. The van der Waals surface area contributed by atoms with Crippen molar-refractivity contribution in [3.8, 4) is 0 Å². The molecule has 3 nitrogen and oxygen atoms in total. The molecule has 0 aliphatic rings. The molecule has 0 saturated heterocycles. The van der Waals surface area contributed by atoms with Gasteiger partial charge in [-0.3, -0.25) is 4.79 Å². The van der Waals surface area contributed by atoms with Crippen molar-refractivity contribution in [1.29, 1.82) is 0 Å². The minimum atomic E-state index is -0.0902. The number of hydrogen-bond acceptors (Lipinski definition) is 3. The van der Waals surface area contributed by atoms with Crippen LogP contribution < -0.4 is 5.32 Å². The highest BCUT2D eigenvalue weighted by Crippen LogP contribution is 2.14. The number of carbonyl (C=O) groups excluding carboxylic acids is 1. The minimum Gasteiger partial charge on any atom is -0.350 e. The average Bonchev–Trinajstić information content (AvgIpc) is 2.47. The van der Waals surface area contributed by atoms with Crippen LogP contribution in [-0.2, 0) is 0 Å². The van der Waals surface area contributed by atoms with Gasteiger partial charge in [-0.25, -0.2) is 4.98 Å². The van der Waals surface area contributed by atoms with Gasteiger partial charge in [-0.15, -0.1) is 11.3 Å². The van der Waals surface area contributed by atoms with Crippen LogP contribution >= 0.6 is 27.3 Å². The van der Waals surface area contributed by atoms with Crippen LogP contribution in [0, 0.1) is 0 Å². The van der Waals surface area contributed by atoms with Crippen LogP contribution in [0.15, 0.2) is 9.98 Å². The molecular weight excluding hydrogens is 240 g/mol. The molecule has 0 aliphatic heterocycles. The number of thiazole rings is 1. The summed E-state index contributed by atoms with van der Waals surface area (Å²) in [6.45, 7) is 2.72. The number of aromatic nitrogens is 1. The zero-order valence-electron chi connectivity index (χ0n) is 6.63. The van der Waals surface area contributed by atoms with E-state index in [2.05, 4.69) is 26.2 Å². The van der Waals surface area contributed by atoms with E-state index in [4.69, 9.17) is 0 Å². The second-order valence-electron chi connectivity index (χ2n) is 2.23. The molecule has 1 aromatic rings. The predicted molar refractivity (Wildman–Crippen MR) is 52.4 cm³/mol. The largest absolute Gasteiger partial charge is 0.350 e. The number of nitrogens with one attached hydrogen (secondary N) is 1. The monoisotopic (exact) mass is 248 g/mol. The summed E-state index contributed by atoms with van der Waals surface area (Å²) in [5.41, 5.74) is 0. The Morgan fingerprint density at radius 2 is 2.58 bits per heavy atom. The van der Waals surface area contributed by atoms with E-state index in [0.29, 0.717) is 16.2 Å². The number of carbonyl (C=O) groups is 1. The molecule has 1 N–H and O–H groups in total. The van der Waals surface area contributed by atoms with Gasteiger partial charge in [-0.2, -0.15) is 0 Å². The minimum absolute atomic E-state index is 0.0902. The molecular formula is C7H9BrN2OS. The van der Waals surface area contributed by atoms with E-state index in [1.54, 1.807) is 5.38 Å². The van der Waals surface area contributed by atoms with Gasteiger partial charge in [0.1, 0.15) is 4.60 Å². The quantitative estimate of drug-likeness (QED) is 0.890. The maximum absolute atomic E-state index is 11.2. The fourth-order valence-corrected chi connectivity index (χ4v) is 1.84. The Morgan fingerprint density at radius 1 is 1.83 bits per heavy atom. The van der Waals surface area contributed by atoms with Crippen molar-refractivity contribution < 1.29 is 4.79 Å². The maximum Gasteiger partial charge on any atom is 0.280 e. The lowest BCUT2D eigenvalue weighted by Crippen LogP contribution is -2.23. The normalized spacial score (nSPS) is 9.83. The summed E-state index contributed by atoms with van der Waals surface area (Å²) >= 11 is 4.53. The number of rotatable bonds is 3. The summed E-state index contributed by atoms with van der Waals surface area (Å²) in [4.78, 5) is 15.2. The van der Waals surface area contributed by atoms with Crippen LogP contribution in [0.3, 0.4) is 0 Å². The molecule has 0 radical (unpaired) electrons. The zero-order valence-corrected chi connectivity index (χ0v) is 9.04. The maximum atomic E-state index is 11.2. The number of halogens is 1. The Kier molecular flexibility index (Phi) is 3.68. The average molecular weight is 249 g/mol. The topological polar surface area (TPSA) is 42.0 Å². The van der Waals surface area contributed by atoms with Crippen molar-refractivity contribution in [2.45, 2.75) is 13.3 Å². The van der Waals surface area contributed by atoms with Gasteiger partial charge >= 0.3 is 0 Å². The summed E-state index contributed by atoms with van der Waals surface area (Å²) < 4.78 is 0.717. The smallest absolute Gasteiger partial charge is 0.280 e. The van der Waals surface area contributed by atoms with E-state index < -0.39 is 0 Å². The molecule has 12 heavy (non-hydrogen) atoms. The first-order valence-electron chi connectivity index (χ1n) is 3.63. The Bertz CT molecular complexity index is 274. The first-order valence-corrected chi connectivity index (χ1v) is 5.30. The molecule has 66 valence electrons. The molecule has 0 aromatic carbocycles. The summed E-state index contributed by atoms with van der Waals surface area (Å²) in [5.74, 6) is -0.0902. The molecule has 0 atom stereocenters. The summed E-state index contributed by atoms with van der Waals surface area (Å²) in [5, 5.41) is 5.05. The lowest BCUT2D eigenvalue weighted by molar-refractivity contribution is 0.0953. The molecule has 0 fully saturated rings. The highest BCUT2D eigenvalue weighted by Gasteiger charge is 2.08. The molecule has 1 rings (SSSR count). The number of nitrogens with zero attached hydrogens (tertiary/aromatic N) is 1. The van der Waals surface area contributed by atoms with Crippen molar-refractivity contribution in [3.63, 3.8) is 0 Å². The molecule has 1 aromatic heterocycles. The molecule has 0 aliphatic carbocycles. The van der Waals surface area contributed by atoms with Crippen LogP contribution in [-0.4, -0.2) is 17.4 Å². The number of hydrogen-bond donors (Lipinski definition) is 1. The first kappa shape index (κ1) is 9.67. The molecule has 0 saturated carbocycles. The van der Waals surface area contributed by atoms with Crippen LogP contribution in [0.2, 0.25) is 0 Å². The van der Waals surface area contributed by atoms with Crippen molar-refractivity contribution in [2.24, 2.45) is 0 Å². The van der Waals surface area contributed by atoms with Crippen LogP contribution in [0.25, 0.3) is 0 Å². The van der Waals surface area contributed by atoms with Gasteiger partial charge in [-0.05, 0) is 22.4 Å². The van der Waals surface area contributed by atoms with Gasteiger partial charge in [0.05, 0.1) is 0 Å². The third-order valence-electron chi connectivity index (χ3n) is 1.21.